The molecule has 5 heteroatoms. The van der Waals surface area contributed by atoms with Crippen LogP contribution < -0.4 is 0 Å². The predicted molar refractivity (Wildman–Crippen MR) is 55.8 cm³/mol. The molecule has 0 aromatic carbocycles. The Kier molecular flexibility index (Phi) is 3.14. The molecule has 1 aliphatic carbocycles. The minimum absolute atomic E-state index is 0.00236. The highest BCUT2D eigenvalue weighted by atomic mass is 16.5. The van der Waals surface area contributed by atoms with E-state index in [-0.39, 0.29) is 17.9 Å². The molecule has 1 heterocycles. The van der Waals surface area contributed by atoms with Gasteiger partial charge in [0, 0.05) is 6.54 Å². The van der Waals surface area contributed by atoms with Crippen molar-refractivity contribution in [2.45, 2.75) is 25.8 Å². The van der Waals surface area contributed by atoms with Crippen LogP contribution in [0.5, 0.6) is 0 Å². The van der Waals surface area contributed by atoms with Crippen LogP contribution in [-0.4, -0.2) is 47.7 Å². The Morgan fingerprint density at radius 2 is 2.19 bits per heavy atom. The highest BCUT2D eigenvalue weighted by molar-refractivity contribution is 5.89. The number of nitrogens with zero attached hydrogens (tertiary/aromatic N) is 1. The summed E-state index contributed by atoms with van der Waals surface area (Å²) in [5.74, 6) is -1.58. The second kappa shape index (κ2) is 4.41. The Balaban J connectivity index is 1.96. The molecular weight excluding hydrogens is 210 g/mol. The average molecular weight is 227 g/mol. The van der Waals surface area contributed by atoms with Gasteiger partial charge in [-0.1, -0.05) is 6.92 Å². The Bertz CT molecular complexity index is 304. The molecule has 0 radical (unpaired) electrons. The summed E-state index contributed by atoms with van der Waals surface area (Å²) in [5, 5.41) is 8.80. The number of amides is 1. The summed E-state index contributed by atoms with van der Waals surface area (Å²) in [5.41, 5.74) is 0. The maximum atomic E-state index is 12.1. The number of carboxylic acids is 1. The number of carbonyl (C=O) groups is 2. The molecule has 2 aliphatic rings. The number of carboxylic acid groups (broad SMARTS) is 1. The van der Waals surface area contributed by atoms with Crippen molar-refractivity contribution in [1.29, 1.82) is 0 Å². The van der Waals surface area contributed by atoms with Gasteiger partial charge in [-0.3, -0.25) is 9.59 Å². The van der Waals surface area contributed by atoms with Gasteiger partial charge in [-0.15, -0.1) is 0 Å². The van der Waals surface area contributed by atoms with Crippen LogP contribution in [0.1, 0.15) is 19.8 Å². The Labute approximate surface area is 94.4 Å². The van der Waals surface area contributed by atoms with Crippen LogP contribution in [-0.2, 0) is 14.3 Å². The molecule has 1 aliphatic heterocycles. The molecule has 2 fully saturated rings. The van der Waals surface area contributed by atoms with Crippen molar-refractivity contribution < 1.29 is 19.4 Å². The smallest absolute Gasteiger partial charge is 0.307 e. The maximum Gasteiger partial charge on any atom is 0.307 e. The van der Waals surface area contributed by atoms with E-state index in [0.29, 0.717) is 26.2 Å². The zero-order valence-electron chi connectivity index (χ0n) is 9.39. The van der Waals surface area contributed by atoms with Gasteiger partial charge in [-0.2, -0.15) is 0 Å². The summed E-state index contributed by atoms with van der Waals surface area (Å²) in [6.07, 6.45) is 1.36. The first kappa shape index (κ1) is 11.4. The van der Waals surface area contributed by atoms with E-state index in [9.17, 15) is 9.59 Å². The average Bonchev–Trinajstić information content (AvgIpc) is 3.08. The molecule has 16 heavy (non-hydrogen) atoms. The van der Waals surface area contributed by atoms with Crippen molar-refractivity contribution in [2.75, 3.05) is 19.8 Å². The molecule has 1 unspecified atom stereocenters. The first-order valence-corrected chi connectivity index (χ1v) is 5.76. The highest BCUT2D eigenvalue weighted by Crippen LogP contribution is 2.40. The predicted octanol–water partition coefficient (Wildman–Crippen LogP) is 0.344. The van der Waals surface area contributed by atoms with Crippen LogP contribution >= 0.6 is 0 Å². The van der Waals surface area contributed by atoms with Crippen LogP contribution in [0.25, 0.3) is 0 Å². The van der Waals surface area contributed by atoms with Crippen molar-refractivity contribution in [2.24, 2.45) is 11.8 Å². The van der Waals surface area contributed by atoms with Crippen molar-refractivity contribution in [3.05, 3.63) is 0 Å². The molecule has 0 bridgehead atoms. The summed E-state index contributed by atoms with van der Waals surface area (Å²) >= 11 is 0. The first-order valence-electron chi connectivity index (χ1n) is 5.76. The zero-order valence-corrected chi connectivity index (χ0v) is 9.39. The van der Waals surface area contributed by atoms with Gasteiger partial charge in [0.2, 0.25) is 5.91 Å². The molecule has 5 nitrogen and oxygen atoms in total. The summed E-state index contributed by atoms with van der Waals surface area (Å²) < 4.78 is 5.32. The third-order valence-electron chi connectivity index (χ3n) is 3.41. The highest BCUT2D eigenvalue weighted by Gasteiger charge is 2.50. The van der Waals surface area contributed by atoms with Crippen LogP contribution in [0, 0.1) is 11.8 Å². The third-order valence-corrected chi connectivity index (χ3v) is 3.41. The maximum absolute atomic E-state index is 12.1. The van der Waals surface area contributed by atoms with Crippen molar-refractivity contribution in [1.82, 2.24) is 4.90 Å². The number of hydrogen-bond acceptors (Lipinski definition) is 3. The number of hydrogen-bond donors (Lipinski definition) is 1. The van der Waals surface area contributed by atoms with Gasteiger partial charge < -0.3 is 14.7 Å². The number of aliphatic carboxylic acids is 1. The van der Waals surface area contributed by atoms with Crippen LogP contribution in [0.2, 0.25) is 0 Å². The number of carbonyl (C=O) groups excluding carboxylic acids is 1. The quantitative estimate of drug-likeness (QED) is 0.755. The van der Waals surface area contributed by atoms with Crippen molar-refractivity contribution in [3.63, 3.8) is 0 Å². The summed E-state index contributed by atoms with van der Waals surface area (Å²) in [6.45, 7) is 3.75. The van der Waals surface area contributed by atoms with Gasteiger partial charge in [0.1, 0.15) is 0 Å². The fourth-order valence-corrected chi connectivity index (χ4v) is 2.24. The standard InChI is InChI=1S/C11H17NO4/c1-2-7-6-16-4-3-12(7)10(13)8-5-9(8)11(14)15/h7-9H,2-6H2,1H3,(H,14,15)/t7?,8-,9+/m1/s1. The normalized spacial score (nSPS) is 33.6. The Hall–Kier alpha value is -1.10. The lowest BCUT2D eigenvalue weighted by atomic mass is 10.1. The van der Waals surface area contributed by atoms with E-state index < -0.39 is 11.9 Å². The SMILES string of the molecule is CCC1COCCN1C(=O)[C@@H]1C[C@@H]1C(=O)O. The molecular formula is C11H17NO4. The van der Waals surface area contributed by atoms with Crippen molar-refractivity contribution in [3.8, 4) is 0 Å². The number of ether oxygens (including phenoxy) is 1. The Morgan fingerprint density at radius 3 is 2.75 bits per heavy atom. The summed E-state index contributed by atoms with van der Waals surface area (Å²) in [6, 6.07) is 0.122. The fraction of sp³-hybridized carbons (Fsp3) is 0.818. The second-order valence-corrected chi connectivity index (χ2v) is 4.46. The van der Waals surface area contributed by atoms with E-state index in [1.165, 1.54) is 0 Å². The number of morpholine rings is 1. The Morgan fingerprint density at radius 1 is 1.44 bits per heavy atom. The molecule has 90 valence electrons. The van der Waals surface area contributed by atoms with Crippen LogP contribution in [0.15, 0.2) is 0 Å². The van der Waals surface area contributed by atoms with Gasteiger partial charge in [0.25, 0.3) is 0 Å². The van der Waals surface area contributed by atoms with Gasteiger partial charge in [0.05, 0.1) is 31.1 Å². The lowest BCUT2D eigenvalue weighted by Crippen LogP contribution is -2.49. The monoisotopic (exact) mass is 227 g/mol. The molecule has 0 aromatic heterocycles. The van der Waals surface area contributed by atoms with Crippen LogP contribution in [0.3, 0.4) is 0 Å². The molecule has 2 rings (SSSR count). The minimum Gasteiger partial charge on any atom is -0.481 e. The molecule has 3 atom stereocenters. The first-order chi connectivity index (χ1) is 7.65. The zero-order chi connectivity index (χ0) is 11.7. The van der Waals surface area contributed by atoms with E-state index in [2.05, 4.69) is 0 Å². The molecule has 1 N–H and O–H groups in total. The third kappa shape index (κ3) is 2.04. The summed E-state index contributed by atoms with van der Waals surface area (Å²) in [7, 11) is 0. The molecule has 0 spiro atoms. The van der Waals surface area contributed by atoms with Gasteiger partial charge >= 0.3 is 5.97 Å². The van der Waals surface area contributed by atoms with Crippen molar-refractivity contribution >= 4 is 11.9 Å². The lowest BCUT2D eigenvalue weighted by molar-refractivity contribution is -0.145. The summed E-state index contributed by atoms with van der Waals surface area (Å²) in [4.78, 5) is 24.6. The number of rotatable bonds is 3. The van der Waals surface area contributed by atoms with E-state index in [1.807, 2.05) is 6.92 Å². The second-order valence-electron chi connectivity index (χ2n) is 4.46. The molecule has 1 saturated heterocycles. The molecule has 1 saturated carbocycles. The topological polar surface area (TPSA) is 66.8 Å². The largest absolute Gasteiger partial charge is 0.481 e. The molecule has 1 amide bonds. The lowest BCUT2D eigenvalue weighted by Gasteiger charge is -2.35. The minimum atomic E-state index is -0.848. The van der Waals surface area contributed by atoms with Crippen LogP contribution in [0.4, 0.5) is 0 Å². The van der Waals surface area contributed by atoms with E-state index in [1.54, 1.807) is 4.90 Å². The van der Waals surface area contributed by atoms with E-state index >= 15 is 0 Å². The van der Waals surface area contributed by atoms with E-state index in [4.69, 9.17) is 9.84 Å². The molecule has 0 aromatic rings. The van der Waals surface area contributed by atoms with E-state index in [0.717, 1.165) is 6.42 Å². The van der Waals surface area contributed by atoms with Gasteiger partial charge in [0.15, 0.2) is 0 Å². The van der Waals surface area contributed by atoms with Gasteiger partial charge in [-0.05, 0) is 12.8 Å². The fourth-order valence-electron chi connectivity index (χ4n) is 2.24. The van der Waals surface area contributed by atoms with Gasteiger partial charge in [-0.25, -0.2) is 0 Å².